The maximum Gasteiger partial charge on any atom is 0.284 e. The zero-order valence-corrected chi connectivity index (χ0v) is 24.1. The van der Waals surface area contributed by atoms with E-state index >= 15 is 0 Å². The molecule has 2 N–H and O–H groups in total. The molecule has 0 fully saturated rings. The van der Waals surface area contributed by atoms with E-state index in [1.807, 2.05) is 0 Å². The normalized spacial score (nSPS) is 11.6. The lowest BCUT2D eigenvalue weighted by atomic mass is 10.0. The molecule has 1 amide bonds. The van der Waals surface area contributed by atoms with Gasteiger partial charge in [-0.3, -0.25) is 18.9 Å². The van der Waals surface area contributed by atoms with Crippen LogP contribution in [-0.4, -0.2) is 41.7 Å². The highest BCUT2D eigenvalue weighted by Crippen LogP contribution is 2.40. The Kier molecular flexibility index (Phi) is 7.17. The molecule has 0 aliphatic rings. The number of rotatable bonds is 7. The lowest BCUT2D eigenvalue weighted by Crippen LogP contribution is -2.21. The topological polar surface area (TPSA) is 136 Å². The van der Waals surface area contributed by atoms with Crippen molar-refractivity contribution in [1.82, 2.24) is 19.9 Å². The van der Waals surface area contributed by atoms with Crippen molar-refractivity contribution in [3.8, 4) is 28.3 Å². The van der Waals surface area contributed by atoms with Crippen molar-refractivity contribution in [2.45, 2.75) is 6.92 Å². The number of hydrogen-bond donors (Lipinski definition) is 2. The van der Waals surface area contributed by atoms with Crippen molar-refractivity contribution in [3.05, 3.63) is 107 Å². The number of aromatic nitrogens is 3. The number of fused-ring (bicyclic) bond motifs is 2. The van der Waals surface area contributed by atoms with Gasteiger partial charge in [0.25, 0.3) is 11.5 Å². The van der Waals surface area contributed by atoms with E-state index in [0.29, 0.717) is 10.9 Å². The molecule has 3 aromatic carbocycles. The Balaban J connectivity index is 1.62. The molecule has 0 radical (unpaired) electrons. The van der Waals surface area contributed by atoms with Crippen molar-refractivity contribution < 1.29 is 26.4 Å². The number of sulfonamides is 1. The minimum Gasteiger partial charge on any atom is -0.455 e. The van der Waals surface area contributed by atoms with Gasteiger partial charge in [-0.15, -0.1) is 0 Å². The van der Waals surface area contributed by atoms with E-state index in [9.17, 15) is 26.8 Å². The summed E-state index contributed by atoms with van der Waals surface area (Å²) in [5, 5.41) is 2.89. The SMILES string of the molecule is CCS(=O)(=O)Nc1cc2oc(-c3ccc(F)cc3)c(C(=O)NC)c2cc1-c1ccc2ncn(-c3ccccc3F)c(=O)c2n1. The Morgan fingerprint density at radius 1 is 1.02 bits per heavy atom. The first-order chi connectivity index (χ1) is 21.1. The molecule has 44 heavy (non-hydrogen) atoms. The van der Waals surface area contributed by atoms with Gasteiger partial charge in [0.2, 0.25) is 10.0 Å². The molecule has 0 atom stereocenters. The molecule has 0 saturated carbocycles. The standard InChI is InChI=1S/C31H23F2N5O5S/c1-3-44(41,42)37-24-15-26-20(27(30(39)34-2)29(43-26)17-8-10-18(32)11-9-17)14-19(24)22-12-13-23-28(36-22)31(40)38(16-35-23)25-7-5-4-6-21(25)33/h4-16,37H,3H2,1-2H3,(H,34,39). The minimum atomic E-state index is -3.81. The number of amides is 1. The van der Waals surface area contributed by atoms with Crippen LogP contribution in [0.25, 0.3) is 50.3 Å². The molecule has 0 aliphatic carbocycles. The van der Waals surface area contributed by atoms with Crippen LogP contribution in [0.15, 0.2) is 88.3 Å². The Morgan fingerprint density at radius 2 is 1.77 bits per heavy atom. The van der Waals surface area contributed by atoms with Gasteiger partial charge in [0.1, 0.15) is 29.3 Å². The number of para-hydroxylation sites is 1. The first kappa shape index (κ1) is 28.7. The zero-order chi connectivity index (χ0) is 31.2. The van der Waals surface area contributed by atoms with Crippen molar-refractivity contribution in [1.29, 1.82) is 0 Å². The van der Waals surface area contributed by atoms with E-state index in [0.717, 1.165) is 4.57 Å². The molecule has 6 aromatic rings. The second-order valence-corrected chi connectivity index (χ2v) is 11.7. The van der Waals surface area contributed by atoms with E-state index in [1.54, 1.807) is 12.1 Å². The highest BCUT2D eigenvalue weighted by molar-refractivity contribution is 7.92. The van der Waals surface area contributed by atoms with Crippen LogP contribution in [0, 0.1) is 11.6 Å². The number of hydrogen-bond acceptors (Lipinski definition) is 7. The summed E-state index contributed by atoms with van der Waals surface area (Å²) in [6, 6.07) is 17.1. The first-order valence-corrected chi connectivity index (χ1v) is 15.0. The lowest BCUT2D eigenvalue weighted by Gasteiger charge is -2.13. The minimum absolute atomic E-state index is 0.0149. The molecule has 3 heterocycles. The van der Waals surface area contributed by atoms with Crippen LogP contribution < -0.4 is 15.6 Å². The van der Waals surface area contributed by atoms with Crippen LogP contribution in [0.2, 0.25) is 0 Å². The number of pyridine rings is 1. The summed E-state index contributed by atoms with van der Waals surface area (Å²) >= 11 is 0. The summed E-state index contributed by atoms with van der Waals surface area (Å²) in [6.07, 6.45) is 1.20. The van der Waals surface area contributed by atoms with Gasteiger partial charge < -0.3 is 9.73 Å². The molecule has 222 valence electrons. The van der Waals surface area contributed by atoms with Crippen molar-refractivity contribution in [2.24, 2.45) is 0 Å². The highest BCUT2D eigenvalue weighted by Gasteiger charge is 2.25. The molecule has 6 rings (SSSR count). The van der Waals surface area contributed by atoms with Crippen LogP contribution in [0.5, 0.6) is 0 Å². The molecule has 0 aliphatic heterocycles. The van der Waals surface area contributed by atoms with Crippen molar-refractivity contribution in [3.63, 3.8) is 0 Å². The molecular formula is C31H23F2N5O5S. The quantitative estimate of drug-likeness (QED) is 0.250. The molecule has 0 unspecified atom stereocenters. The number of carbonyl (C=O) groups excluding carboxylic acids is 1. The molecular weight excluding hydrogens is 592 g/mol. The van der Waals surface area contributed by atoms with Gasteiger partial charge in [-0.1, -0.05) is 12.1 Å². The van der Waals surface area contributed by atoms with E-state index in [-0.39, 0.29) is 56.3 Å². The number of halogens is 2. The average molecular weight is 616 g/mol. The number of furan rings is 1. The number of nitrogens with zero attached hydrogens (tertiary/aromatic N) is 3. The van der Waals surface area contributed by atoms with Crippen LogP contribution in [0.3, 0.4) is 0 Å². The summed E-state index contributed by atoms with van der Waals surface area (Å²) in [7, 11) is -2.37. The Labute approximate surface area is 249 Å². The monoisotopic (exact) mass is 615 g/mol. The van der Waals surface area contributed by atoms with Crippen LogP contribution in [0.4, 0.5) is 14.5 Å². The third-order valence-corrected chi connectivity index (χ3v) is 8.32. The van der Waals surface area contributed by atoms with E-state index in [4.69, 9.17) is 4.42 Å². The van der Waals surface area contributed by atoms with Crippen LogP contribution in [0.1, 0.15) is 17.3 Å². The van der Waals surface area contributed by atoms with Crippen LogP contribution in [-0.2, 0) is 10.0 Å². The predicted octanol–water partition coefficient (Wildman–Crippen LogP) is 5.26. The van der Waals surface area contributed by atoms with Gasteiger partial charge in [-0.25, -0.2) is 27.2 Å². The Bertz CT molecular complexity index is 2260. The second kappa shape index (κ2) is 11.0. The van der Waals surface area contributed by atoms with Gasteiger partial charge in [0, 0.05) is 29.6 Å². The maximum atomic E-state index is 14.5. The third kappa shape index (κ3) is 5.07. The summed E-state index contributed by atoms with van der Waals surface area (Å²) in [5.74, 6) is -1.71. The van der Waals surface area contributed by atoms with Crippen molar-refractivity contribution in [2.75, 3.05) is 17.5 Å². The van der Waals surface area contributed by atoms with Gasteiger partial charge in [-0.2, -0.15) is 0 Å². The van der Waals surface area contributed by atoms with E-state index in [2.05, 4.69) is 20.0 Å². The van der Waals surface area contributed by atoms with E-state index < -0.39 is 33.1 Å². The third-order valence-electron chi connectivity index (χ3n) is 7.03. The molecule has 0 bridgehead atoms. The lowest BCUT2D eigenvalue weighted by molar-refractivity contribution is 0.0964. The smallest absolute Gasteiger partial charge is 0.284 e. The maximum absolute atomic E-state index is 14.5. The number of carbonyl (C=O) groups is 1. The Morgan fingerprint density at radius 3 is 2.48 bits per heavy atom. The van der Waals surface area contributed by atoms with Gasteiger partial charge in [0.05, 0.1) is 33.9 Å². The summed E-state index contributed by atoms with van der Waals surface area (Å²) in [6.45, 7) is 1.47. The molecule has 13 heteroatoms. The van der Waals surface area contributed by atoms with E-state index in [1.165, 1.54) is 81.0 Å². The molecule has 10 nitrogen and oxygen atoms in total. The largest absolute Gasteiger partial charge is 0.455 e. The summed E-state index contributed by atoms with van der Waals surface area (Å²) in [5.41, 5.74) is 0.674. The number of nitrogens with one attached hydrogen (secondary N) is 2. The van der Waals surface area contributed by atoms with Gasteiger partial charge >= 0.3 is 0 Å². The number of benzene rings is 3. The molecule has 3 aromatic heterocycles. The highest BCUT2D eigenvalue weighted by atomic mass is 32.2. The first-order valence-electron chi connectivity index (χ1n) is 13.3. The fourth-order valence-corrected chi connectivity index (χ4v) is 5.45. The Hall–Kier alpha value is -5.43. The fraction of sp³-hybridized carbons (Fsp3) is 0.0968. The van der Waals surface area contributed by atoms with Gasteiger partial charge in [-0.05, 0) is 61.5 Å². The zero-order valence-electron chi connectivity index (χ0n) is 23.3. The average Bonchev–Trinajstić information content (AvgIpc) is 3.39. The van der Waals surface area contributed by atoms with Crippen molar-refractivity contribution >= 4 is 43.6 Å². The summed E-state index contributed by atoms with van der Waals surface area (Å²) in [4.78, 5) is 35.4. The number of anilines is 1. The fourth-order valence-electron chi connectivity index (χ4n) is 4.80. The summed E-state index contributed by atoms with van der Waals surface area (Å²) < 4.78 is 63.2. The molecule has 0 saturated heterocycles. The predicted molar refractivity (Wildman–Crippen MR) is 162 cm³/mol. The molecule has 0 spiro atoms. The van der Waals surface area contributed by atoms with Gasteiger partial charge in [0.15, 0.2) is 5.52 Å². The second-order valence-electron chi connectivity index (χ2n) is 9.73. The van der Waals surface area contributed by atoms with Crippen LogP contribution >= 0.6 is 0 Å².